The van der Waals surface area contributed by atoms with Crippen molar-refractivity contribution in [2.24, 2.45) is 7.05 Å². The Morgan fingerprint density at radius 3 is 2.41 bits per heavy atom. The molecule has 0 atom stereocenters. The smallest absolute Gasteiger partial charge is 0.246 e. The van der Waals surface area contributed by atoms with Crippen LogP contribution in [0.5, 0.6) is 0 Å². The number of amides is 1. The van der Waals surface area contributed by atoms with Gasteiger partial charge in [0.2, 0.25) is 5.91 Å². The fourth-order valence-electron chi connectivity index (χ4n) is 3.11. The number of carbonyl (C=O) groups excluding carboxylic acids is 1. The standard InChI is InChI=1S/C17H26ClN3O/c1-13-15(17(18)21(3)19-13)11-12-16(22)20(2)14-9-7-5-4-6-8-10-14/h11-12,14H,4-10H2,1-3H3/b12-11+. The molecule has 4 nitrogen and oxygen atoms in total. The van der Waals surface area contributed by atoms with Gasteiger partial charge in [-0.3, -0.25) is 9.48 Å². The summed E-state index contributed by atoms with van der Waals surface area (Å²) in [6, 6.07) is 0.364. The Hall–Kier alpha value is -1.29. The minimum atomic E-state index is 0.0462. The lowest BCUT2D eigenvalue weighted by molar-refractivity contribution is -0.127. The molecule has 1 aliphatic rings. The van der Waals surface area contributed by atoms with Crippen molar-refractivity contribution in [1.29, 1.82) is 0 Å². The van der Waals surface area contributed by atoms with E-state index in [1.54, 1.807) is 23.9 Å². The summed E-state index contributed by atoms with van der Waals surface area (Å²) in [6.45, 7) is 1.90. The second kappa shape index (κ2) is 7.82. The van der Waals surface area contributed by atoms with Gasteiger partial charge in [0.05, 0.1) is 5.69 Å². The summed E-state index contributed by atoms with van der Waals surface area (Å²) in [4.78, 5) is 14.3. The van der Waals surface area contributed by atoms with Crippen molar-refractivity contribution in [1.82, 2.24) is 14.7 Å². The summed E-state index contributed by atoms with van der Waals surface area (Å²) in [6.07, 6.45) is 12.0. The van der Waals surface area contributed by atoms with Crippen molar-refractivity contribution in [3.05, 3.63) is 22.5 Å². The molecule has 22 heavy (non-hydrogen) atoms. The van der Waals surface area contributed by atoms with E-state index >= 15 is 0 Å². The highest BCUT2D eigenvalue weighted by Gasteiger charge is 2.19. The van der Waals surface area contributed by atoms with Gasteiger partial charge in [0.15, 0.2) is 0 Å². The fourth-order valence-corrected chi connectivity index (χ4v) is 3.35. The van der Waals surface area contributed by atoms with E-state index in [9.17, 15) is 4.79 Å². The van der Waals surface area contributed by atoms with Crippen LogP contribution in [0.4, 0.5) is 0 Å². The van der Waals surface area contributed by atoms with Crippen molar-refractivity contribution >= 4 is 23.6 Å². The number of likely N-dealkylation sites (N-methyl/N-ethyl adjacent to an activating group) is 1. The molecule has 1 aromatic rings. The maximum absolute atomic E-state index is 12.4. The zero-order valence-corrected chi connectivity index (χ0v) is 14.6. The summed E-state index contributed by atoms with van der Waals surface area (Å²) in [5.74, 6) is 0.0462. The Morgan fingerprint density at radius 2 is 1.86 bits per heavy atom. The average Bonchev–Trinajstić information content (AvgIpc) is 2.69. The van der Waals surface area contributed by atoms with E-state index in [1.165, 1.54) is 32.1 Å². The third kappa shape index (κ3) is 4.13. The highest BCUT2D eigenvalue weighted by atomic mass is 35.5. The van der Waals surface area contributed by atoms with Crippen LogP contribution >= 0.6 is 11.6 Å². The molecule has 122 valence electrons. The molecule has 2 rings (SSSR count). The lowest BCUT2D eigenvalue weighted by Crippen LogP contribution is -2.36. The molecule has 1 fully saturated rings. The van der Waals surface area contributed by atoms with Gasteiger partial charge in [-0.2, -0.15) is 5.10 Å². The molecule has 1 heterocycles. The lowest BCUT2D eigenvalue weighted by Gasteiger charge is -2.29. The lowest BCUT2D eigenvalue weighted by atomic mass is 9.96. The third-order valence-corrected chi connectivity index (χ3v) is 5.01. The van der Waals surface area contributed by atoms with Crippen molar-refractivity contribution in [3.8, 4) is 0 Å². The minimum Gasteiger partial charge on any atom is -0.339 e. The number of hydrogen-bond donors (Lipinski definition) is 0. The van der Waals surface area contributed by atoms with E-state index in [2.05, 4.69) is 5.10 Å². The van der Waals surface area contributed by atoms with Gasteiger partial charge in [0.1, 0.15) is 5.15 Å². The van der Waals surface area contributed by atoms with Gasteiger partial charge in [-0.15, -0.1) is 0 Å². The zero-order chi connectivity index (χ0) is 16.1. The summed E-state index contributed by atoms with van der Waals surface area (Å²) < 4.78 is 1.62. The molecule has 1 aliphatic carbocycles. The maximum Gasteiger partial charge on any atom is 0.246 e. The number of hydrogen-bond acceptors (Lipinski definition) is 2. The van der Waals surface area contributed by atoms with Gasteiger partial charge in [-0.1, -0.05) is 43.7 Å². The Bertz CT molecular complexity index is 542. The topological polar surface area (TPSA) is 38.1 Å². The van der Waals surface area contributed by atoms with E-state index in [1.807, 2.05) is 18.9 Å². The van der Waals surface area contributed by atoms with Crippen molar-refractivity contribution in [2.75, 3.05) is 7.05 Å². The predicted molar refractivity (Wildman–Crippen MR) is 90.9 cm³/mol. The van der Waals surface area contributed by atoms with Crippen molar-refractivity contribution < 1.29 is 4.79 Å². The number of rotatable bonds is 3. The summed E-state index contributed by atoms with van der Waals surface area (Å²) >= 11 is 6.19. The van der Waals surface area contributed by atoms with Crippen LogP contribution in [0.3, 0.4) is 0 Å². The molecular formula is C17H26ClN3O. The normalized spacial score (nSPS) is 17.5. The summed E-state index contributed by atoms with van der Waals surface area (Å²) in [7, 11) is 3.71. The first-order chi connectivity index (χ1) is 10.5. The Labute approximate surface area is 138 Å². The fraction of sp³-hybridized carbons (Fsp3) is 0.647. The molecule has 0 radical (unpaired) electrons. The van der Waals surface area contributed by atoms with Crippen LogP contribution in [0, 0.1) is 6.92 Å². The molecule has 1 aromatic heterocycles. The molecule has 0 N–H and O–H groups in total. The van der Waals surface area contributed by atoms with Gasteiger partial charge in [-0.25, -0.2) is 0 Å². The van der Waals surface area contributed by atoms with Crippen molar-refractivity contribution in [2.45, 2.75) is 57.9 Å². The predicted octanol–water partition coefficient (Wildman–Crippen LogP) is 3.97. The molecule has 0 unspecified atom stereocenters. The van der Waals surface area contributed by atoms with Crippen LogP contribution in [-0.2, 0) is 11.8 Å². The first-order valence-electron chi connectivity index (χ1n) is 8.14. The van der Waals surface area contributed by atoms with Crippen LogP contribution in [0.15, 0.2) is 6.08 Å². The van der Waals surface area contributed by atoms with E-state index in [0.29, 0.717) is 11.2 Å². The van der Waals surface area contributed by atoms with Gasteiger partial charge in [0, 0.05) is 31.8 Å². The number of aryl methyl sites for hydroxylation is 2. The van der Waals surface area contributed by atoms with Gasteiger partial charge < -0.3 is 4.90 Å². The molecule has 0 spiro atoms. The highest BCUT2D eigenvalue weighted by Crippen LogP contribution is 2.22. The molecule has 0 aromatic carbocycles. The number of nitrogens with zero attached hydrogens (tertiary/aromatic N) is 3. The van der Waals surface area contributed by atoms with Crippen LogP contribution < -0.4 is 0 Å². The average molecular weight is 324 g/mol. The molecule has 0 bridgehead atoms. The first-order valence-corrected chi connectivity index (χ1v) is 8.52. The van der Waals surface area contributed by atoms with Gasteiger partial charge >= 0.3 is 0 Å². The Balaban J connectivity index is 2.02. The summed E-state index contributed by atoms with van der Waals surface area (Å²) in [5, 5.41) is 4.82. The summed E-state index contributed by atoms with van der Waals surface area (Å²) in [5.41, 5.74) is 1.66. The second-order valence-corrected chi connectivity index (χ2v) is 6.55. The van der Waals surface area contributed by atoms with Crippen LogP contribution in [0.2, 0.25) is 5.15 Å². The molecule has 0 saturated heterocycles. The van der Waals surface area contributed by atoms with Gasteiger partial charge in [-0.05, 0) is 25.8 Å². The molecule has 1 saturated carbocycles. The van der Waals surface area contributed by atoms with E-state index < -0.39 is 0 Å². The zero-order valence-electron chi connectivity index (χ0n) is 13.8. The number of aromatic nitrogens is 2. The quantitative estimate of drug-likeness (QED) is 0.789. The monoisotopic (exact) mass is 323 g/mol. The molecule has 0 aliphatic heterocycles. The van der Waals surface area contributed by atoms with Crippen LogP contribution in [0.25, 0.3) is 6.08 Å². The first kappa shape index (κ1) is 17.1. The van der Waals surface area contributed by atoms with Crippen LogP contribution in [-0.4, -0.2) is 33.7 Å². The largest absolute Gasteiger partial charge is 0.339 e. The maximum atomic E-state index is 12.4. The van der Waals surface area contributed by atoms with Gasteiger partial charge in [0.25, 0.3) is 0 Å². The molecule has 1 amide bonds. The Morgan fingerprint density at radius 1 is 1.27 bits per heavy atom. The minimum absolute atomic E-state index is 0.0462. The number of halogens is 1. The van der Waals surface area contributed by atoms with E-state index in [0.717, 1.165) is 24.1 Å². The van der Waals surface area contributed by atoms with Crippen molar-refractivity contribution in [3.63, 3.8) is 0 Å². The third-order valence-electron chi connectivity index (χ3n) is 4.56. The molecule has 5 heteroatoms. The van der Waals surface area contributed by atoms with Crippen LogP contribution in [0.1, 0.15) is 56.2 Å². The highest BCUT2D eigenvalue weighted by molar-refractivity contribution is 6.31. The van der Waals surface area contributed by atoms with E-state index in [-0.39, 0.29) is 5.91 Å². The Kier molecular flexibility index (Phi) is 6.07. The molecular weight excluding hydrogens is 298 g/mol. The number of carbonyl (C=O) groups is 1. The van der Waals surface area contributed by atoms with E-state index in [4.69, 9.17) is 11.6 Å². The SMILES string of the molecule is Cc1nn(C)c(Cl)c1/C=C/C(=O)N(C)C1CCCCCCC1. The second-order valence-electron chi connectivity index (χ2n) is 6.19.